The van der Waals surface area contributed by atoms with Crippen molar-refractivity contribution in [2.24, 2.45) is 0 Å². The summed E-state index contributed by atoms with van der Waals surface area (Å²) >= 11 is 0. The average molecular weight is 197 g/mol. The number of hydrogen-bond acceptors (Lipinski definition) is 3. The van der Waals surface area contributed by atoms with Crippen LogP contribution in [0.15, 0.2) is 24.3 Å². The molecule has 0 spiro atoms. The van der Waals surface area contributed by atoms with Gasteiger partial charge in [-0.15, -0.1) is 0 Å². The summed E-state index contributed by atoms with van der Waals surface area (Å²) in [5, 5.41) is 0.467. The fourth-order valence-electron chi connectivity index (χ4n) is 0.974. The van der Waals surface area contributed by atoms with Gasteiger partial charge in [-0.1, -0.05) is 16.7 Å². The van der Waals surface area contributed by atoms with E-state index in [2.05, 4.69) is 0 Å². The molecule has 0 N–H and O–H groups in total. The first-order chi connectivity index (χ1) is 6.29. The molecule has 0 fully saturated rings. The Hall–Kier alpha value is -1.21. The summed E-state index contributed by atoms with van der Waals surface area (Å²) in [5.41, 5.74) is 0. The van der Waals surface area contributed by atoms with E-state index in [-0.39, 0.29) is 0 Å². The molecule has 0 saturated heterocycles. The zero-order valence-electron chi connectivity index (χ0n) is 7.27. The van der Waals surface area contributed by atoms with E-state index in [1.807, 2.05) is 6.92 Å². The summed E-state index contributed by atoms with van der Waals surface area (Å²) in [4.78, 5) is 10.3. The quantitative estimate of drug-likeness (QED) is 0.545. The minimum Gasteiger partial charge on any atom is -0.489 e. The van der Waals surface area contributed by atoms with Crippen LogP contribution in [0.5, 0.6) is 5.75 Å². The van der Waals surface area contributed by atoms with Crippen LogP contribution in [0, 0.1) is 0 Å². The molecule has 68 valence electrons. The second kappa shape index (κ2) is 4.73. The van der Waals surface area contributed by atoms with Crippen LogP contribution in [0.25, 0.3) is 0 Å². The first-order valence-corrected chi connectivity index (χ1v) is 5.26. The van der Waals surface area contributed by atoms with Gasteiger partial charge in [0.05, 0.1) is 6.61 Å². The molecule has 0 aliphatic carbocycles. The van der Waals surface area contributed by atoms with Crippen molar-refractivity contribution in [1.82, 2.24) is 0 Å². The fourth-order valence-corrected chi connectivity index (χ4v) is 1.68. The summed E-state index contributed by atoms with van der Waals surface area (Å²) in [6, 6.07) is 7.29. The monoisotopic (exact) mass is 197 g/mol. The Morgan fingerprint density at radius 1 is 1.46 bits per heavy atom. The van der Waals surface area contributed by atoms with Gasteiger partial charge in [-0.25, -0.2) is 4.79 Å². The largest absolute Gasteiger partial charge is 0.489 e. The van der Waals surface area contributed by atoms with Gasteiger partial charge >= 0.3 is 13.8 Å². The number of ether oxygens (including phenoxy) is 1. The van der Waals surface area contributed by atoms with E-state index in [0.29, 0.717) is 23.7 Å². The zero-order valence-corrected chi connectivity index (χ0v) is 8.16. The molecule has 0 aliphatic heterocycles. The van der Waals surface area contributed by atoms with E-state index < -0.39 is 7.80 Å². The lowest BCUT2D eigenvalue weighted by Crippen LogP contribution is -2.04. The second-order valence-corrected chi connectivity index (χ2v) is 3.68. The molecule has 13 heavy (non-hydrogen) atoms. The van der Waals surface area contributed by atoms with Crippen LogP contribution in [-0.2, 0) is 9.36 Å². The highest BCUT2D eigenvalue weighted by molar-refractivity contribution is 7.68. The molecule has 0 aliphatic rings. The third-order valence-electron chi connectivity index (χ3n) is 1.50. The van der Waals surface area contributed by atoms with Gasteiger partial charge in [-0.2, -0.15) is 0 Å². The third-order valence-corrected chi connectivity index (χ3v) is 2.53. The lowest BCUT2D eigenvalue weighted by Gasteiger charge is -2.00. The maximum Gasteiger partial charge on any atom is 0.453 e. The minimum atomic E-state index is -1.96. The van der Waals surface area contributed by atoms with E-state index in [1.54, 1.807) is 24.3 Å². The molecule has 1 unspecified atom stereocenters. The van der Waals surface area contributed by atoms with Gasteiger partial charge in [-0.3, -0.25) is 0 Å². The van der Waals surface area contributed by atoms with Crippen molar-refractivity contribution in [3.63, 3.8) is 0 Å². The highest BCUT2D eigenvalue weighted by atomic mass is 31.1. The smallest absolute Gasteiger partial charge is 0.453 e. The molecule has 3 nitrogen and oxygen atoms in total. The van der Waals surface area contributed by atoms with Crippen LogP contribution in [0.4, 0.5) is 0 Å². The van der Waals surface area contributed by atoms with E-state index in [9.17, 15) is 9.36 Å². The zero-order chi connectivity index (χ0) is 9.68. The molecule has 1 aromatic rings. The first kappa shape index (κ1) is 9.87. The number of rotatable bonds is 4. The van der Waals surface area contributed by atoms with E-state index in [4.69, 9.17) is 4.74 Å². The summed E-state index contributed by atoms with van der Waals surface area (Å²) < 4.78 is 16.4. The molecule has 4 heteroatoms. The maximum absolute atomic E-state index is 11.2. The molecule has 0 saturated carbocycles. The number of para-hydroxylation sites is 1. The molecule has 0 radical (unpaired) electrons. The van der Waals surface area contributed by atoms with Crippen molar-refractivity contribution in [2.45, 2.75) is 6.92 Å². The van der Waals surface area contributed by atoms with Gasteiger partial charge in [0.1, 0.15) is 0 Å². The van der Waals surface area contributed by atoms with Crippen LogP contribution < -0.4 is 10.0 Å². The highest BCUT2D eigenvalue weighted by Crippen LogP contribution is 2.22. The number of carbonyl (C=O) groups is 1. The van der Waals surface area contributed by atoms with Crippen LogP contribution in [0.2, 0.25) is 0 Å². The molecular formula is C9H10O3P+. The van der Waals surface area contributed by atoms with E-state index in [0.717, 1.165) is 0 Å². The van der Waals surface area contributed by atoms with Crippen molar-refractivity contribution >= 4 is 19.1 Å². The van der Waals surface area contributed by atoms with Crippen LogP contribution in [0.3, 0.4) is 0 Å². The van der Waals surface area contributed by atoms with Gasteiger partial charge in [-0.05, 0) is 19.1 Å². The normalized spacial score (nSPS) is 10.7. The minimum absolute atomic E-state index is 0.438. The maximum atomic E-state index is 11.2. The van der Waals surface area contributed by atoms with Gasteiger partial charge in [0, 0.05) is 0 Å². The van der Waals surface area contributed by atoms with Gasteiger partial charge in [0.25, 0.3) is 0 Å². The van der Waals surface area contributed by atoms with Gasteiger partial charge < -0.3 is 4.74 Å². The van der Waals surface area contributed by atoms with Gasteiger partial charge in [0.15, 0.2) is 5.75 Å². The lowest BCUT2D eigenvalue weighted by molar-refractivity contribution is 0.343. The van der Waals surface area contributed by atoms with E-state index >= 15 is 0 Å². The summed E-state index contributed by atoms with van der Waals surface area (Å²) in [7, 11) is -1.96. The topological polar surface area (TPSA) is 43.4 Å². The number of hydrogen-bond donors (Lipinski definition) is 0. The molecule has 1 aromatic carbocycles. The SMILES string of the molecule is CCOc1ccccc1[P+](=O)C=O. The Labute approximate surface area is 77.5 Å². The van der Waals surface area contributed by atoms with Gasteiger partial charge in [0.2, 0.25) is 5.30 Å². The Morgan fingerprint density at radius 3 is 2.77 bits per heavy atom. The predicted molar refractivity (Wildman–Crippen MR) is 51.6 cm³/mol. The molecule has 0 amide bonds. The summed E-state index contributed by atoms with van der Waals surface area (Å²) in [6.07, 6.45) is 0. The predicted octanol–water partition coefficient (Wildman–Crippen LogP) is 1.73. The first-order valence-electron chi connectivity index (χ1n) is 3.93. The highest BCUT2D eigenvalue weighted by Gasteiger charge is 2.23. The van der Waals surface area contributed by atoms with E-state index in [1.165, 1.54) is 0 Å². The third kappa shape index (κ3) is 2.36. The Balaban J connectivity index is 3.03. The molecule has 0 heterocycles. The molecule has 0 bridgehead atoms. The summed E-state index contributed by atoms with van der Waals surface area (Å²) in [6.45, 7) is 2.34. The van der Waals surface area contributed by atoms with Crippen molar-refractivity contribution in [3.8, 4) is 5.75 Å². The van der Waals surface area contributed by atoms with Crippen molar-refractivity contribution in [1.29, 1.82) is 0 Å². The average Bonchev–Trinajstić information content (AvgIpc) is 2.18. The molecular weight excluding hydrogens is 187 g/mol. The molecule has 1 atom stereocenters. The van der Waals surface area contributed by atoms with Crippen molar-refractivity contribution in [2.75, 3.05) is 6.61 Å². The second-order valence-electron chi connectivity index (χ2n) is 2.33. The Kier molecular flexibility index (Phi) is 3.59. The van der Waals surface area contributed by atoms with Crippen LogP contribution in [0.1, 0.15) is 6.92 Å². The van der Waals surface area contributed by atoms with Crippen molar-refractivity contribution < 1.29 is 14.1 Å². The lowest BCUT2D eigenvalue weighted by atomic mass is 10.3. The summed E-state index contributed by atoms with van der Waals surface area (Å²) in [5.74, 6) is 0.526. The Morgan fingerprint density at radius 2 is 2.15 bits per heavy atom. The van der Waals surface area contributed by atoms with Crippen molar-refractivity contribution in [3.05, 3.63) is 24.3 Å². The van der Waals surface area contributed by atoms with Crippen LogP contribution in [-0.4, -0.2) is 12.6 Å². The van der Waals surface area contributed by atoms with Crippen LogP contribution >= 0.6 is 7.80 Å². The fraction of sp³-hybridized carbons (Fsp3) is 0.222. The Bertz CT molecular complexity index is 322. The number of carbonyl (C=O) groups excluding carboxylic acids is 1. The molecule has 1 rings (SSSR count). The molecule has 0 aromatic heterocycles. The standard InChI is InChI=1S/C9H10O3P/c1-2-12-8-5-3-4-6-9(8)13(11)7-10/h3-7H,2H2,1H3/q+1. The number of benzene rings is 1.